The average molecular weight is 85.1 g/mol. The third kappa shape index (κ3) is 1.38. The van der Waals surface area contributed by atoms with E-state index in [9.17, 15) is 0 Å². The van der Waals surface area contributed by atoms with E-state index in [2.05, 4.69) is 5.32 Å². The Morgan fingerprint density at radius 2 is 1.50 bits per heavy atom. The lowest BCUT2D eigenvalue weighted by Gasteiger charge is -1.76. The second-order valence-corrected chi connectivity index (χ2v) is 1.46. The summed E-state index contributed by atoms with van der Waals surface area (Å²) >= 11 is 0. The van der Waals surface area contributed by atoms with Crippen molar-refractivity contribution in [2.24, 2.45) is 0 Å². The molecule has 0 amide bonds. The Bertz CT molecular complexity index is 17.1. The van der Waals surface area contributed by atoms with Crippen LogP contribution >= 0.6 is 0 Å². The third-order valence-corrected chi connectivity index (χ3v) is 0.957. The smallest absolute Gasteiger partial charge is 0 e. The largest absolute Gasteiger partial charge is 0.317 e. The van der Waals surface area contributed by atoms with Gasteiger partial charge in [0.05, 0.1) is 0 Å². The first-order chi connectivity index (χ1) is 2.50. The minimum atomic E-state index is 0. The topological polar surface area (TPSA) is 42.5 Å². The van der Waals surface area contributed by atoms with E-state index in [1.54, 1.807) is 0 Å². The van der Waals surface area contributed by atoms with Crippen molar-refractivity contribution in [1.82, 2.24) is 11.5 Å². The van der Waals surface area contributed by atoms with Crippen molar-refractivity contribution in [3.63, 3.8) is 0 Å². The minimum Gasteiger partial charge on any atom is -0.317 e. The Morgan fingerprint density at radius 3 is 1.67 bits per heavy atom. The van der Waals surface area contributed by atoms with Crippen LogP contribution < -0.4 is 11.5 Å². The molecule has 3 radical (unpaired) electrons. The van der Waals surface area contributed by atoms with Crippen molar-refractivity contribution in [1.29, 1.82) is 0 Å². The van der Waals surface area contributed by atoms with Crippen LogP contribution in [-0.2, 0) is 0 Å². The quantitative estimate of drug-likeness (QED) is 0.438. The van der Waals surface area contributed by atoms with Crippen LogP contribution in [0, 0.1) is 0 Å². The molecule has 1 aliphatic heterocycles. The van der Waals surface area contributed by atoms with Crippen molar-refractivity contribution in [3.05, 3.63) is 0 Å². The fourth-order valence-corrected chi connectivity index (χ4v) is 0.625. The molecule has 1 fully saturated rings. The van der Waals surface area contributed by atoms with Crippen LogP contribution in [0.25, 0.3) is 0 Å². The van der Waals surface area contributed by atoms with Gasteiger partial charge in [0.15, 0.2) is 0 Å². The maximum absolute atomic E-state index is 3.22. The highest BCUT2D eigenvalue weighted by molar-refractivity contribution is 4.55. The van der Waals surface area contributed by atoms with Gasteiger partial charge in [-0.2, -0.15) is 0 Å². The first kappa shape index (κ1) is 5.92. The summed E-state index contributed by atoms with van der Waals surface area (Å²) in [6, 6.07) is 0. The summed E-state index contributed by atoms with van der Waals surface area (Å²) < 4.78 is 0. The van der Waals surface area contributed by atoms with Crippen LogP contribution in [0.3, 0.4) is 0 Å². The highest BCUT2D eigenvalue weighted by Gasteiger charge is 1.93. The number of hydrogen-bond donors (Lipinski definition) is 1. The lowest BCUT2D eigenvalue weighted by Crippen LogP contribution is -2.03. The molecule has 0 saturated carbocycles. The van der Waals surface area contributed by atoms with E-state index >= 15 is 0 Å². The molecular weight excluding hydrogens is 76.1 g/mol. The standard InChI is InChI=1S/C4H9N.N/c1-2-4-5-3-1;/h5H,1-4H2;. The molecule has 2 nitrogen and oxygen atoms in total. The van der Waals surface area contributed by atoms with Crippen LogP contribution in [0.15, 0.2) is 0 Å². The lowest BCUT2D eigenvalue weighted by molar-refractivity contribution is 0.857. The molecule has 1 saturated heterocycles. The summed E-state index contributed by atoms with van der Waals surface area (Å²) in [5, 5.41) is 3.22. The number of hydrogen-bond acceptors (Lipinski definition) is 1. The van der Waals surface area contributed by atoms with Crippen molar-refractivity contribution in [2.45, 2.75) is 12.8 Å². The maximum Gasteiger partial charge on any atom is 0 e. The van der Waals surface area contributed by atoms with Gasteiger partial charge in [0, 0.05) is 6.15 Å². The van der Waals surface area contributed by atoms with Crippen LogP contribution in [0.4, 0.5) is 0 Å². The molecule has 0 aliphatic carbocycles. The zero-order chi connectivity index (χ0) is 3.54. The Kier molecular flexibility index (Phi) is 3.08. The molecule has 0 aromatic rings. The van der Waals surface area contributed by atoms with Crippen molar-refractivity contribution >= 4 is 0 Å². The summed E-state index contributed by atoms with van der Waals surface area (Å²) in [4.78, 5) is 0. The molecule has 0 aromatic heterocycles. The molecular formula is C4H9N2. The van der Waals surface area contributed by atoms with E-state index < -0.39 is 0 Å². The SMILES string of the molecule is C1CCNC1.[N]. The molecule has 1 rings (SSSR count). The molecule has 1 heterocycles. The zero-order valence-electron chi connectivity index (χ0n) is 3.78. The van der Waals surface area contributed by atoms with Crippen LogP contribution in [0.1, 0.15) is 12.8 Å². The predicted octanol–water partition coefficient (Wildman–Crippen LogP) is -0.111. The Labute approximate surface area is 38.5 Å². The molecule has 2 heteroatoms. The van der Waals surface area contributed by atoms with Crippen LogP contribution in [0.5, 0.6) is 0 Å². The Morgan fingerprint density at radius 1 is 1.00 bits per heavy atom. The van der Waals surface area contributed by atoms with Gasteiger partial charge < -0.3 is 5.32 Å². The van der Waals surface area contributed by atoms with E-state index in [4.69, 9.17) is 0 Å². The summed E-state index contributed by atoms with van der Waals surface area (Å²) in [5.74, 6) is 0. The summed E-state index contributed by atoms with van der Waals surface area (Å²) in [5.41, 5.74) is 0. The van der Waals surface area contributed by atoms with Gasteiger partial charge in [0.1, 0.15) is 0 Å². The second kappa shape index (κ2) is 3.12. The fraction of sp³-hybridized carbons (Fsp3) is 1.00. The van der Waals surface area contributed by atoms with E-state index in [1.165, 1.54) is 25.9 Å². The van der Waals surface area contributed by atoms with Gasteiger partial charge in [-0.3, -0.25) is 0 Å². The van der Waals surface area contributed by atoms with E-state index in [0.29, 0.717) is 0 Å². The van der Waals surface area contributed by atoms with Gasteiger partial charge >= 0.3 is 0 Å². The molecule has 0 atom stereocenters. The minimum absolute atomic E-state index is 0. The maximum atomic E-state index is 3.22. The Balaban J connectivity index is 0.000000250. The van der Waals surface area contributed by atoms with Crippen molar-refractivity contribution in [3.8, 4) is 0 Å². The lowest BCUT2D eigenvalue weighted by atomic mass is 10.4. The van der Waals surface area contributed by atoms with Gasteiger partial charge in [0.2, 0.25) is 0 Å². The van der Waals surface area contributed by atoms with Crippen molar-refractivity contribution < 1.29 is 0 Å². The molecule has 1 N–H and O–H groups in total. The van der Waals surface area contributed by atoms with Crippen LogP contribution in [-0.4, -0.2) is 13.1 Å². The zero-order valence-corrected chi connectivity index (χ0v) is 3.78. The summed E-state index contributed by atoms with van der Waals surface area (Å²) in [6.45, 7) is 2.50. The predicted molar refractivity (Wildman–Crippen MR) is 24.2 cm³/mol. The molecule has 0 spiro atoms. The third-order valence-electron chi connectivity index (χ3n) is 0.957. The highest BCUT2D eigenvalue weighted by atomic mass is 14.9. The van der Waals surface area contributed by atoms with E-state index in [1.807, 2.05) is 0 Å². The first-order valence-electron chi connectivity index (χ1n) is 2.21. The van der Waals surface area contributed by atoms with Gasteiger partial charge in [-0.05, 0) is 25.9 Å². The second-order valence-electron chi connectivity index (χ2n) is 1.46. The fourth-order valence-electron chi connectivity index (χ4n) is 0.625. The molecule has 0 aromatic carbocycles. The van der Waals surface area contributed by atoms with Gasteiger partial charge in [-0.25, -0.2) is 0 Å². The number of nitrogens with one attached hydrogen (secondary N) is 1. The first-order valence-corrected chi connectivity index (χ1v) is 2.21. The van der Waals surface area contributed by atoms with E-state index in [0.717, 1.165) is 0 Å². The van der Waals surface area contributed by atoms with Crippen LogP contribution in [0.2, 0.25) is 0 Å². The molecule has 0 bridgehead atoms. The molecule has 6 heavy (non-hydrogen) atoms. The molecule has 1 aliphatic rings. The van der Waals surface area contributed by atoms with Gasteiger partial charge in [0.25, 0.3) is 0 Å². The highest BCUT2D eigenvalue weighted by Crippen LogP contribution is 1.90. The summed E-state index contributed by atoms with van der Waals surface area (Å²) in [6.07, 6.45) is 2.78. The Hall–Kier alpha value is -0.0800. The van der Waals surface area contributed by atoms with Gasteiger partial charge in [-0.1, -0.05) is 0 Å². The van der Waals surface area contributed by atoms with E-state index in [-0.39, 0.29) is 6.15 Å². The normalized spacial score (nSPS) is 20.0. The molecule has 0 unspecified atom stereocenters. The van der Waals surface area contributed by atoms with Gasteiger partial charge in [-0.15, -0.1) is 0 Å². The number of nitrogens with zero attached hydrogens (tertiary/aromatic N) is 1. The average Bonchev–Trinajstić information content (AvgIpc) is 1.76. The van der Waals surface area contributed by atoms with Crippen molar-refractivity contribution in [2.75, 3.05) is 13.1 Å². The number of rotatable bonds is 0. The molecule has 35 valence electrons. The summed E-state index contributed by atoms with van der Waals surface area (Å²) in [7, 11) is 0. The monoisotopic (exact) mass is 85.1 g/mol.